The summed E-state index contributed by atoms with van der Waals surface area (Å²) >= 11 is 1.77. The normalized spacial score (nSPS) is 10.7. The third kappa shape index (κ3) is 3.61. The molecule has 90 valence electrons. The molecule has 3 nitrogen and oxygen atoms in total. The molecule has 0 radical (unpaired) electrons. The van der Waals surface area contributed by atoms with Crippen molar-refractivity contribution in [2.75, 3.05) is 6.26 Å². The molecule has 0 fully saturated rings. The topological polar surface area (TPSA) is 29.9 Å². The van der Waals surface area contributed by atoms with E-state index in [0.717, 1.165) is 13.1 Å². The third-order valence-corrected chi connectivity index (χ3v) is 3.32. The Morgan fingerprint density at radius 2 is 1.88 bits per heavy atom. The Morgan fingerprint density at radius 3 is 2.47 bits per heavy atom. The van der Waals surface area contributed by atoms with Gasteiger partial charge in [0, 0.05) is 36.8 Å². The first-order chi connectivity index (χ1) is 8.28. The quantitative estimate of drug-likeness (QED) is 0.823. The zero-order valence-electron chi connectivity index (χ0n) is 10.2. The van der Waals surface area contributed by atoms with Crippen LogP contribution in [0, 0.1) is 0 Å². The summed E-state index contributed by atoms with van der Waals surface area (Å²) in [4.78, 5) is 1.31. The van der Waals surface area contributed by atoms with Crippen LogP contribution in [0.15, 0.2) is 41.6 Å². The van der Waals surface area contributed by atoms with Crippen molar-refractivity contribution in [3.8, 4) is 0 Å². The summed E-state index contributed by atoms with van der Waals surface area (Å²) in [5, 5.41) is 7.55. The van der Waals surface area contributed by atoms with Crippen LogP contribution in [0.3, 0.4) is 0 Å². The molecule has 0 aliphatic carbocycles. The number of rotatable bonds is 5. The number of benzene rings is 1. The highest BCUT2D eigenvalue weighted by molar-refractivity contribution is 7.98. The molecule has 0 bridgehead atoms. The lowest BCUT2D eigenvalue weighted by molar-refractivity contribution is 0.691. The summed E-state index contributed by atoms with van der Waals surface area (Å²) in [5.74, 6) is 0. The van der Waals surface area contributed by atoms with Crippen molar-refractivity contribution in [3.63, 3.8) is 0 Å². The smallest absolute Gasteiger partial charge is 0.0534 e. The van der Waals surface area contributed by atoms with Crippen molar-refractivity contribution in [1.82, 2.24) is 15.1 Å². The number of thioether (sulfide) groups is 1. The van der Waals surface area contributed by atoms with E-state index >= 15 is 0 Å². The molecule has 0 saturated carbocycles. The molecule has 0 saturated heterocycles. The molecule has 1 N–H and O–H groups in total. The molecular weight excluding hydrogens is 230 g/mol. The SMILES string of the molecule is CSc1ccc(CNCc2cnn(C)c2)cc1. The molecule has 0 aliphatic rings. The molecule has 17 heavy (non-hydrogen) atoms. The minimum atomic E-state index is 0.859. The van der Waals surface area contributed by atoms with Gasteiger partial charge in [0.15, 0.2) is 0 Å². The Morgan fingerprint density at radius 1 is 1.18 bits per heavy atom. The summed E-state index contributed by atoms with van der Waals surface area (Å²) in [6.07, 6.45) is 6.02. The average molecular weight is 247 g/mol. The van der Waals surface area contributed by atoms with E-state index in [1.54, 1.807) is 11.8 Å². The van der Waals surface area contributed by atoms with Gasteiger partial charge in [-0.05, 0) is 24.0 Å². The van der Waals surface area contributed by atoms with Gasteiger partial charge in [0.1, 0.15) is 0 Å². The van der Waals surface area contributed by atoms with Gasteiger partial charge in [0.2, 0.25) is 0 Å². The Kier molecular flexibility index (Phi) is 4.23. The van der Waals surface area contributed by atoms with E-state index in [1.165, 1.54) is 16.0 Å². The number of nitrogens with zero attached hydrogens (tertiary/aromatic N) is 2. The first-order valence-corrected chi connectivity index (χ1v) is 6.81. The maximum atomic E-state index is 4.14. The molecule has 0 spiro atoms. The molecule has 4 heteroatoms. The third-order valence-electron chi connectivity index (χ3n) is 2.58. The van der Waals surface area contributed by atoms with Crippen molar-refractivity contribution in [1.29, 1.82) is 0 Å². The average Bonchev–Trinajstić information content (AvgIpc) is 2.76. The van der Waals surface area contributed by atoms with Crippen molar-refractivity contribution < 1.29 is 0 Å². The molecule has 1 aromatic heterocycles. The minimum Gasteiger partial charge on any atom is -0.309 e. The Hall–Kier alpha value is -1.26. The molecule has 0 aliphatic heterocycles. The summed E-state index contributed by atoms with van der Waals surface area (Å²) in [7, 11) is 1.94. The Bertz CT molecular complexity index is 462. The van der Waals surface area contributed by atoms with Crippen LogP contribution >= 0.6 is 11.8 Å². The Labute approximate surface area is 106 Å². The van der Waals surface area contributed by atoms with Crippen molar-refractivity contribution in [3.05, 3.63) is 47.8 Å². The summed E-state index contributed by atoms with van der Waals surface area (Å²) in [6, 6.07) is 8.65. The molecule has 1 heterocycles. The maximum absolute atomic E-state index is 4.14. The number of aryl methyl sites for hydroxylation is 1. The van der Waals surface area contributed by atoms with Gasteiger partial charge in [-0.2, -0.15) is 5.10 Å². The summed E-state index contributed by atoms with van der Waals surface area (Å²) in [5.41, 5.74) is 2.53. The van der Waals surface area contributed by atoms with Gasteiger partial charge in [-0.3, -0.25) is 4.68 Å². The fourth-order valence-electron chi connectivity index (χ4n) is 1.66. The van der Waals surface area contributed by atoms with Gasteiger partial charge in [-0.1, -0.05) is 12.1 Å². The van der Waals surface area contributed by atoms with Crippen LogP contribution in [0.5, 0.6) is 0 Å². The van der Waals surface area contributed by atoms with E-state index in [9.17, 15) is 0 Å². The summed E-state index contributed by atoms with van der Waals surface area (Å²) in [6.45, 7) is 1.75. The van der Waals surface area contributed by atoms with Crippen molar-refractivity contribution >= 4 is 11.8 Å². The van der Waals surface area contributed by atoms with Crippen LogP contribution in [0.4, 0.5) is 0 Å². The zero-order valence-corrected chi connectivity index (χ0v) is 11.0. The largest absolute Gasteiger partial charge is 0.309 e. The minimum absolute atomic E-state index is 0.859. The molecule has 2 aromatic rings. The van der Waals surface area contributed by atoms with E-state index in [1.807, 2.05) is 24.1 Å². The lowest BCUT2D eigenvalue weighted by Crippen LogP contribution is -2.12. The highest BCUT2D eigenvalue weighted by Crippen LogP contribution is 2.14. The summed E-state index contributed by atoms with van der Waals surface area (Å²) < 4.78 is 1.82. The van der Waals surface area contributed by atoms with Gasteiger partial charge in [0.05, 0.1) is 6.20 Å². The number of nitrogens with one attached hydrogen (secondary N) is 1. The molecule has 0 unspecified atom stereocenters. The van der Waals surface area contributed by atoms with E-state index in [-0.39, 0.29) is 0 Å². The fraction of sp³-hybridized carbons (Fsp3) is 0.308. The Balaban J connectivity index is 1.81. The monoisotopic (exact) mass is 247 g/mol. The highest BCUT2D eigenvalue weighted by Gasteiger charge is 1.97. The van der Waals surface area contributed by atoms with Crippen molar-refractivity contribution in [2.45, 2.75) is 18.0 Å². The van der Waals surface area contributed by atoms with Crippen LogP contribution in [-0.4, -0.2) is 16.0 Å². The number of aromatic nitrogens is 2. The maximum Gasteiger partial charge on any atom is 0.0534 e. The predicted octanol–water partition coefficient (Wildman–Crippen LogP) is 2.43. The second kappa shape index (κ2) is 5.89. The second-order valence-electron chi connectivity index (χ2n) is 3.97. The zero-order chi connectivity index (χ0) is 12.1. The van der Waals surface area contributed by atoms with Crippen LogP contribution in [0.25, 0.3) is 0 Å². The van der Waals surface area contributed by atoms with E-state index < -0.39 is 0 Å². The lowest BCUT2D eigenvalue weighted by Gasteiger charge is -2.04. The number of hydrogen-bond acceptors (Lipinski definition) is 3. The highest BCUT2D eigenvalue weighted by atomic mass is 32.2. The van der Waals surface area contributed by atoms with Crippen LogP contribution in [0.1, 0.15) is 11.1 Å². The van der Waals surface area contributed by atoms with Gasteiger partial charge >= 0.3 is 0 Å². The number of hydrogen-bond donors (Lipinski definition) is 1. The van der Waals surface area contributed by atoms with Gasteiger partial charge in [-0.15, -0.1) is 11.8 Å². The van der Waals surface area contributed by atoms with Gasteiger partial charge in [-0.25, -0.2) is 0 Å². The molecular formula is C13H17N3S. The molecule has 0 amide bonds. The van der Waals surface area contributed by atoms with Crippen LogP contribution < -0.4 is 5.32 Å². The predicted molar refractivity (Wildman–Crippen MR) is 72.0 cm³/mol. The fourth-order valence-corrected chi connectivity index (χ4v) is 2.07. The van der Waals surface area contributed by atoms with Crippen molar-refractivity contribution in [2.24, 2.45) is 7.05 Å². The standard InChI is InChI=1S/C13H17N3S/c1-16-10-12(9-15-16)8-14-7-11-3-5-13(17-2)6-4-11/h3-6,9-10,14H,7-8H2,1-2H3. The first-order valence-electron chi connectivity index (χ1n) is 5.59. The molecule has 1 aromatic carbocycles. The van der Waals surface area contributed by atoms with Crippen LogP contribution in [0.2, 0.25) is 0 Å². The molecule has 0 atom stereocenters. The first kappa shape index (κ1) is 12.2. The van der Waals surface area contributed by atoms with Gasteiger partial charge in [0.25, 0.3) is 0 Å². The van der Waals surface area contributed by atoms with Crippen LogP contribution in [-0.2, 0) is 20.1 Å². The van der Waals surface area contributed by atoms with Gasteiger partial charge < -0.3 is 5.32 Å². The van der Waals surface area contributed by atoms with E-state index in [4.69, 9.17) is 0 Å². The van der Waals surface area contributed by atoms with E-state index in [0.29, 0.717) is 0 Å². The molecule has 2 rings (SSSR count). The second-order valence-corrected chi connectivity index (χ2v) is 4.85. The lowest BCUT2D eigenvalue weighted by atomic mass is 10.2. The van der Waals surface area contributed by atoms with E-state index in [2.05, 4.69) is 40.9 Å².